The van der Waals surface area contributed by atoms with Crippen molar-refractivity contribution in [1.29, 1.82) is 0 Å². The number of nitrogens with zero attached hydrogens (tertiary/aromatic N) is 1. The Balaban J connectivity index is 2.03. The Kier molecular flexibility index (Phi) is 8.45. The lowest BCUT2D eigenvalue weighted by atomic mass is 10.0. The maximum Gasteiger partial charge on any atom is 0.404 e. The fourth-order valence-electron chi connectivity index (χ4n) is 2.89. The largest absolute Gasteiger partial charge is 0.443 e. The number of carbonyl (C=O) groups is 1. The lowest BCUT2D eigenvalue weighted by molar-refractivity contribution is 0.00722. The summed E-state index contributed by atoms with van der Waals surface area (Å²) in [7, 11) is -0.725. The van der Waals surface area contributed by atoms with Gasteiger partial charge in [-0.3, -0.25) is 0 Å². The zero-order chi connectivity index (χ0) is 23.2. The molecule has 0 aromatic heterocycles. The second-order valence-electron chi connectivity index (χ2n) is 7.09. The van der Waals surface area contributed by atoms with Crippen molar-refractivity contribution in [1.82, 2.24) is 9.62 Å². The maximum atomic E-state index is 13.4. The van der Waals surface area contributed by atoms with Crippen LogP contribution in [0.25, 0.3) is 0 Å². The van der Waals surface area contributed by atoms with Gasteiger partial charge in [-0.25, -0.2) is 26.3 Å². The van der Waals surface area contributed by atoms with Gasteiger partial charge in [0.15, 0.2) is 0 Å². The van der Waals surface area contributed by atoms with Crippen LogP contribution in [0.2, 0.25) is 0 Å². The molecule has 2 aromatic carbocycles. The minimum absolute atomic E-state index is 0.0552. The summed E-state index contributed by atoms with van der Waals surface area (Å²) < 4.78 is 57.3. The molecule has 2 rings (SSSR count). The van der Waals surface area contributed by atoms with Crippen molar-refractivity contribution >= 4 is 16.1 Å². The average molecular weight is 457 g/mol. The lowest BCUT2D eigenvalue weighted by Gasteiger charge is -2.23. The van der Waals surface area contributed by atoms with E-state index in [1.165, 1.54) is 26.2 Å². The van der Waals surface area contributed by atoms with Crippen LogP contribution in [0, 0.1) is 11.6 Å². The summed E-state index contributed by atoms with van der Waals surface area (Å²) in [6.07, 6.45) is -3.68. The van der Waals surface area contributed by atoms with Crippen LogP contribution in [0.4, 0.5) is 13.6 Å². The molecule has 0 heterocycles. The number of aliphatic hydroxyl groups is 1. The molecule has 11 heteroatoms. The summed E-state index contributed by atoms with van der Waals surface area (Å²) >= 11 is 0. The molecule has 0 spiro atoms. The van der Waals surface area contributed by atoms with Gasteiger partial charge in [0.2, 0.25) is 10.0 Å². The van der Waals surface area contributed by atoms with Gasteiger partial charge in [-0.1, -0.05) is 12.1 Å². The topological polar surface area (TPSA) is 122 Å². The second kappa shape index (κ2) is 10.6. The number of primary amides is 1. The van der Waals surface area contributed by atoms with Crippen LogP contribution in [0.1, 0.15) is 11.1 Å². The molecule has 2 aromatic rings. The van der Waals surface area contributed by atoms with Crippen LogP contribution in [-0.4, -0.2) is 56.8 Å². The average Bonchev–Trinajstić information content (AvgIpc) is 2.66. The van der Waals surface area contributed by atoms with Gasteiger partial charge < -0.3 is 20.9 Å². The second-order valence-corrected chi connectivity index (χ2v) is 9.24. The zero-order valence-electron chi connectivity index (χ0n) is 17.1. The van der Waals surface area contributed by atoms with E-state index in [0.717, 1.165) is 16.4 Å². The van der Waals surface area contributed by atoms with Crippen molar-refractivity contribution in [3.8, 4) is 0 Å². The quantitative estimate of drug-likeness (QED) is 0.495. The highest BCUT2D eigenvalue weighted by atomic mass is 32.2. The van der Waals surface area contributed by atoms with E-state index in [-0.39, 0.29) is 30.0 Å². The number of hydrogen-bond acceptors (Lipinski definition) is 6. The van der Waals surface area contributed by atoms with E-state index in [2.05, 4.69) is 5.32 Å². The SMILES string of the molecule is CN(C)S(=O)(=O)c1cccc(CNC[C@H](O)[C@H](Cc2cc(F)cc(F)c2)OC(N)=O)c1. The van der Waals surface area contributed by atoms with Crippen molar-refractivity contribution < 1.29 is 31.8 Å². The minimum Gasteiger partial charge on any atom is -0.443 e. The highest BCUT2D eigenvalue weighted by Gasteiger charge is 2.24. The van der Waals surface area contributed by atoms with Crippen molar-refractivity contribution in [2.75, 3.05) is 20.6 Å². The molecule has 170 valence electrons. The van der Waals surface area contributed by atoms with Crippen LogP contribution < -0.4 is 11.1 Å². The lowest BCUT2D eigenvalue weighted by Crippen LogP contribution is -2.41. The smallest absolute Gasteiger partial charge is 0.404 e. The van der Waals surface area contributed by atoms with Gasteiger partial charge in [-0.2, -0.15) is 0 Å². The molecular weight excluding hydrogens is 432 g/mol. The fourth-order valence-corrected chi connectivity index (χ4v) is 3.86. The van der Waals surface area contributed by atoms with E-state index < -0.39 is 40.0 Å². The van der Waals surface area contributed by atoms with E-state index in [1.807, 2.05) is 0 Å². The molecule has 2 atom stereocenters. The third-order valence-corrected chi connectivity index (χ3v) is 6.23. The number of halogens is 2. The molecule has 0 saturated carbocycles. The summed E-state index contributed by atoms with van der Waals surface area (Å²) in [6, 6.07) is 9.12. The molecule has 0 unspecified atom stereocenters. The number of nitrogens with one attached hydrogen (secondary N) is 1. The molecule has 0 fully saturated rings. The summed E-state index contributed by atoms with van der Waals surface area (Å²) in [5.74, 6) is -1.60. The number of hydrogen-bond donors (Lipinski definition) is 3. The Morgan fingerprint density at radius 2 is 1.81 bits per heavy atom. The highest BCUT2D eigenvalue weighted by Crippen LogP contribution is 2.16. The number of sulfonamides is 1. The molecular formula is C20H25F2N3O5S. The van der Waals surface area contributed by atoms with E-state index in [4.69, 9.17) is 10.5 Å². The molecule has 0 bridgehead atoms. The van der Waals surface area contributed by atoms with E-state index in [9.17, 15) is 27.1 Å². The van der Waals surface area contributed by atoms with Gasteiger partial charge in [-0.15, -0.1) is 0 Å². The first-order valence-corrected chi connectivity index (χ1v) is 10.7. The Labute approximate surface area is 179 Å². The Morgan fingerprint density at radius 3 is 2.39 bits per heavy atom. The summed E-state index contributed by atoms with van der Waals surface area (Å²) in [5.41, 5.74) is 5.88. The van der Waals surface area contributed by atoms with Crippen LogP contribution in [0.3, 0.4) is 0 Å². The molecule has 31 heavy (non-hydrogen) atoms. The normalized spacial score (nSPS) is 13.7. The van der Waals surface area contributed by atoms with Crippen molar-refractivity contribution in [3.05, 3.63) is 65.2 Å². The molecule has 0 aliphatic rings. The third-order valence-electron chi connectivity index (χ3n) is 4.42. The van der Waals surface area contributed by atoms with E-state index in [0.29, 0.717) is 11.6 Å². The molecule has 0 radical (unpaired) electrons. The van der Waals surface area contributed by atoms with Crippen LogP contribution in [0.15, 0.2) is 47.4 Å². The fraction of sp³-hybridized carbons (Fsp3) is 0.350. The van der Waals surface area contributed by atoms with Crippen molar-refractivity contribution in [2.45, 2.75) is 30.1 Å². The molecule has 1 amide bonds. The molecule has 8 nitrogen and oxygen atoms in total. The first kappa shape index (κ1) is 24.7. The molecule has 0 aliphatic heterocycles. The Hall–Kier alpha value is -2.60. The van der Waals surface area contributed by atoms with Gasteiger partial charge in [-0.05, 0) is 35.4 Å². The number of aliphatic hydroxyl groups excluding tert-OH is 1. The zero-order valence-corrected chi connectivity index (χ0v) is 17.9. The number of nitrogens with two attached hydrogens (primary N) is 1. The van der Waals surface area contributed by atoms with Crippen molar-refractivity contribution in [3.63, 3.8) is 0 Å². The molecule has 4 N–H and O–H groups in total. The standard InChI is InChI=1S/C20H25F2N3O5S/c1-25(2)31(28,29)17-5-3-4-13(8-17)11-24-12-18(26)19(30-20(23)27)9-14-6-15(21)10-16(22)7-14/h3-8,10,18-19,24,26H,9,11-12H2,1-2H3,(H2,23,27)/t18-,19-/m0/s1. The summed E-state index contributed by atoms with van der Waals surface area (Å²) in [6.45, 7) is 0.159. The Bertz CT molecular complexity index is 997. The predicted molar refractivity (Wildman–Crippen MR) is 110 cm³/mol. The third kappa shape index (κ3) is 7.24. The first-order valence-electron chi connectivity index (χ1n) is 9.30. The van der Waals surface area contributed by atoms with Gasteiger partial charge in [0.05, 0.1) is 4.90 Å². The van der Waals surface area contributed by atoms with Gasteiger partial charge >= 0.3 is 6.09 Å². The first-order chi connectivity index (χ1) is 14.5. The summed E-state index contributed by atoms with van der Waals surface area (Å²) in [4.78, 5) is 11.3. The van der Waals surface area contributed by atoms with E-state index >= 15 is 0 Å². The van der Waals surface area contributed by atoms with Crippen LogP contribution >= 0.6 is 0 Å². The summed E-state index contributed by atoms with van der Waals surface area (Å²) in [5, 5.41) is 13.3. The maximum absolute atomic E-state index is 13.4. The van der Waals surface area contributed by atoms with Gasteiger partial charge in [0.1, 0.15) is 23.8 Å². The molecule has 0 aliphatic carbocycles. The van der Waals surface area contributed by atoms with E-state index in [1.54, 1.807) is 12.1 Å². The Morgan fingerprint density at radius 1 is 1.16 bits per heavy atom. The molecule has 0 saturated heterocycles. The highest BCUT2D eigenvalue weighted by molar-refractivity contribution is 7.89. The number of carbonyl (C=O) groups excluding carboxylic acids is 1. The monoisotopic (exact) mass is 457 g/mol. The minimum atomic E-state index is -3.59. The number of benzene rings is 2. The van der Waals surface area contributed by atoms with Gasteiger partial charge in [0, 0.05) is 39.7 Å². The van der Waals surface area contributed by atoms with Crippen molar-refractivity contribution in [2.24, 2.45) is 5.73 Å². The van der Waals surface area contributed by atoms with Crippen LogP contribution in [-0.2, 0) is 27.7 Å². The number of rotatable bonds is 10. The number of amides is 1. The van der Waals surface area contributed by atoms with Crippen LogP contribution in [0.5, 0.6) is 0 Å². The van der Waals surface area contributed by atoms with Gasteiger partial charge in [0.25, 0.3) is 0 Å². The predicted octanol–water partition coefficient (Wildman–Crippen LogP) is 1.37. The number of ether oxygens (including phenoxy) is 1.